The van der Waals surface area contributed by atoms with E-state index in [4.69, 9.17) is 10.4 Å². The minimum atomic E-state index is -1.14. The quantitative estimate of drug-likeness (QED) is 0.793. The average molecular weight is 312 g/mol. The van der Waals surface area contributed by atoms with Crippen molar-refractivity contribution in [2.24, 2.45) is 0 Å². The normalized spacial score (nSPS) is 11.2. The van der Waals surface area contributed by atoms with Gasteiger partial charge in [0.25, 0.3) is 0 Å². The number of amides is 2. The van der Waals surface area contributed by atoms with Crippen LogP contribution in [0.15, 0.2) is 22.7 Å². The van der Waals surface area contributed by atoms with E-state index in [9.17, 15) is 9.59 Å². The fraction of sp³-hybridized carbons (Fsp3) is 0.182. The molecular weight excluding hydrogens is 302 g/mol. The Bertz CT molecular complexity index is 525. The molecule has 1 aromatic carbocycles. The van der Waals surface area contributed by atoms with E-state index in [2.05, 4.69) is 26.6 Å². The van der Waals surface area contributed by atoms with Crippen LogP contribution in [-0.4, -0.2) is 23.1 Å². The number of aliphatic carboxylic acids is 1. The van der Waals surface area contributed by atoms with Crippen molar-refractivity contribution >= 4 is 33.6 Å². The molecular formula is C11H10BrN3O3. The second-order valence-electron chi connectivity index (χ2n) is 3.46. The van der Waals surface area contributed by atoms with Crippen molar-refractivity contribution in [1.82, 2.24) is 5.32 Å². The third-order valence-corrected chi connectivity index (χ3v) is 2.56. The van der Waals surface area contributed by atoms with Crippen molar-refractivity contribution in [3.63, 3.8) is 0 Å². The Labute approximate surface area is 112 Å². The Morgan fingerprint density at radius 1 is 1.50 bits per heavy atom. The summed E-state index contributed by atoms with van der Waals surface area (Å²) in [6.07, 6.45) is 0. The van der Waals surface area contributed by atoms with Gasteiger partial charge in [-0.3, -0.25) is 4.79 Å². The molecule has 0 aliphatic rings. The number of rotatable bonds is 3. The van der Waals surface area contributed by atoms with E-state index < -0.39 is 18.0 Å². The molecule has 0 saturated carbocycles. The summed E-state index contributed by atoms with van der Waals surface area (Å²) in [5, 5.41) is 22.1. The van der Waals surface area contributed by atoms with E-state index in [0.717, 1.165) is 0 Å². The molecule has 2 amide bonds. The number of hydrogen-bond acceptors (Lipinski definition) is 3. The topological polar surface area (TPSA) is 102 Å². The number of carbonyl (C=O) groups excluding carboxylic acids is 1. The minimum absolute atomic E-state index is 0.288. The monoisotopic (exact) mass is 311 g/mol. The Morgan fingerprint density at radius 2 is 2.17 bits per heavy atom. The van der Waals surface area contributed by atoms with Crippen LogP contribution in [-0.2, 0) is 4.79 Å². The number of carboxylic acids is 1. The number of urea groups is 1. The molecule has 0 bridgehead atoms. The first kappa shape index (κ1) is 14.0. The van der Waals surface area contributed by atoms with Gasteiger partial charge in [-0.05, 0) is 25.1 Å². The van der Waals surface area contributed by atoms with Crippen molar-refractivity contribution in [1.29, 1.82) is 5.26 Å². The Hall–Kier alpha value is -2.07. The summed E-state index contributed by atoms with van der Waals surface area (Å²) in [6, 6.07) is 5.00. The number of halogens is 1. The van der Waals surface area contributed by atoms with Gasteiger partial charge < -0.3 is 15.7 Å². The van der Waals surface area contributed by atoms with Gasteiger partial charge in [0.2, 0.25) is 0 Å². The SMILES string of the molecule is C[C@@H](NC(=O)Nc1cc(Br)ccc1C#N)C(=O)O. The van der Waals surface area contributed by atoms with E-state index in [0.29, 0.717) is 10.2 Å². The molecule has 1 aromatic rings. The second kappa shape index (κ2) is 6.02. The molecule has 94 valence electrons. The minimum Gasteiger partial charge on any atom is -0.480 e. The zero-order valence-corrected chi connectivity index (χ0v) is 11.0. The van der Waals surface area contributed by atoms with Crippen LogP contribution in [0.2, 0.25) is 0 Å². The summed E-state index contributed by atoms with van der Waals surface area (Å²) in [5.41, 5.74) is 0.596. The third-order valence-electron chi connectivity index (χ3n) is 2.07. The van der Waals surface area contributed by atoms with Gasteiger partial charge in [-0.1, -0.05) is 15.9 Å². The summed E-state index contributed by atoms with van der Waals surface area (Å²) >= 11 is 3.21. The Kier molecular flexibility index (Phi) is 4.68. The first-order valence-corrected chi connectivity index (χ1v) is 5.73. The lowest BCUT2D eigenvalue weighted by Crippen LogP contribution is -2.40. The molecule has 0 aliphatic heterocycles. The highest BCUT2D eigenvalue weighted by Gasteiger charge is 2.14. The molecule has 0 fully saturated rings. The molecule has 1 rings (SSSR count). The average Bonchev–Trinajstić information content (AvgIpc) is 2.28. The van der Waals surface area contributed by atoms with E-state index in [-0.39, 0.29) is 5.56 Å². The zero-order chi connectivity index (χ0) is 13.7. The predicted octanol–water partition coefficient (Wildman–Crippen LogP) is 1.92. The molecule has 3 N–H and O–H groups in total. The van der Waals surface area contributed by atoms with Crippen LogP contribution in [0.1, 0.15) is 12.5 Å². The Balaban J connectivity index is 2.79. The van der Waals surface area contributed by atoms with Crippen molar-refractivity contribution in [3.05, 3.63) is 28.2 Å². The maximum atomic E-state index is 11.5. The van der Waals surface area contributed by atoms with Gasteiger partial charge in [0.1, 0.15) is 12.1 Å². The van der Waals surface area contributed by atoms with Crippen LogP contribution < -0.4 is 10.6 Å². The summed E-state index contributed by atoms with van der Waals surface area (Å²) in [7, 11) is 0. The predicted molar refractivity (Wildman–Crippen MR) is 68.1 cm³/mol. The maximum Gasteiger partial charge on any atom is 0.325 e. The van der Waals surface area contributed by atoms with Gasteiger partial charge in [0.15, 0.2) is 0 Å². The molecule has 1 atom stereocenters. The standard InChI is InChI=1S/C11H10BrN3O3/c1-6(10(16)17)14-11(18)15-9-4-8(12)3-2-7(9)5-13/h2-4,6H,1H3,(H,16,17)(H2,14,15,18)/t6-/m1/s1. The summed E-state index contributed by atoms with van der Waals surface area (Å²) in [6.45, 7) is 1.34. The molecule has 0 saturated heterocycles. The van der Waals surface area contributed by atoms with E-state index in [1.807, 2.05) is 6.07 Å². The molecule has 0 radical (unpaired) electrons. The highest BCUT2D eigenvalue weighted by atomic mass is 79.9. The van der Waals surface area contributed by atoms with Crippen LogP contribution in [0, 0.1) is 11.3 Å². The molecule has 6 nitrogen and oxygen atoms in total. The Morgan fingerprint density at radius 3 is 2.72 bits per heavy atom. The number of benzene rings is 1. The fourth-order valence-corrected chi connectivity index (χ4v) is 1.50. The number of nitrogens with zero attached hydrogens (tertiary/aromatic N) is 1. The molecule has 0 aliphatic carbocycles. The first-order chi connectivity index (χ1) is 8.43. The van der Waals surface area contributed by atoms with Crippen molar-refractivity contribution in [3.8, 4) is 6.07 Å². The molecule has 0 heterocycles. The van der Waals surface area contributed by atoms with Crippen molar-refractivity contribution in [2.75, 3.05) is 5.32 Å². The largest absolute Gasteiger partial charge is 0.480 e. The molecule has 0 unspecified atom stereocenters. The molecule has 0 spiro atoms. The number of nitrogens with one attached hydrogen (secondary N) is 2. The van der Waals surface area contributed by atoms with Crippen LogP contribution in [0.5, 0.6) is 0 Å². The maximum absolute atomic E-state index is 11.5. The number of hydrogen-bond donors (Lipinski definition) is 3. The van der Waals surface area contributed by atoms with Crippen LogP contribution in [0.4, 0.5) is 10.5 Å². The summed E-state index contributed by atoms with van der Waals surface area (Å²) in [5.74, 6) is -1.14. The molecule has 18 heavy (non-hydrogen) atoms. The van der Waals surface area contributed by atoms with Gasteiger partial charge in [-0.15, -0.1) is 0 Å². The van der Waals surface area contributed by atoms with Crippen LogP contribution in [0.25, 0.3) is 0 Å². The van der Waals surface area contributed by atoms with Gasteiger partial charge in [0.05, 0.1) is 11.3 Å². The number of nitriles is 1. The van der Waals surface area contributed by atoms with E-state index in [1.54, 1.807) is 18.2 Å². The van der Waals surface area contributed by atoms with Crippen LogP contribution in [0.3, 0.4) is 0 Å². The summed E-state index contributed by atoms with van der Waals surface area (Å²) in [4.78, 5) is 22.1. The highest BCUT2D eigenvalue weighted by Crippen LogP contribution is 2.20. The molecule has 7 heteroatoms. The second-order valence-corrected chi connectivity index (χ2v) is 4.38. The van der Waals surface area contributed by atoms with E-state index >= 15 is 0 Å². The summed E-state index contributed by atoms with van der Waals surface area (Å²) < 4.78 is 0.697. The number of anilines is 1. The van der Waals surface area contributed by atoms with Gasteiger partial charge in [-0.2, -0.15) is 5.26 Å². The van der Waals surface area contributed by atoms with Crippen LogP contribution >= 0.6 is 15.9 Å². The van der Waals surface area contributed by atoms with Crippen molar-refractivity contribution < 1.29 is 14.7 Å². The van der Waals surface area contributed by atoms with E-state index in [1.165, 1.54) is 6.92 Å². The fourth-order valence-electron chi connectivity index (χ4n) is 1.13. The lowest BCUT2D eigenvalue weighted by atomic mass is 10.2. The smallest absolute Gasteiger partial charge is 0.325 e. The lowest BCUT2D eigenvalue weighted by molar-refractivity contribution is -0.138. The lowest BCUT2D eigenvalue weighted by Gasteiger charge is -2.11. The van der Waals surface area contributed by atoms with Gasteiger partial charge >= 0.3 is 12.0 Å². The third kappa shape index (κ3) is 3.75. The molecule has 0 aromatic heterocycles. The zero-order valence-electron chi connectivity index (χ0n) is 9.40. The van der Waals surface area contributed by atoms with Gasteiger partial charge in [-0.25, -0.2) is 4.79 Å². The van der Waals surface area contributed by atoms with Gasteiger partial charge in [0, 0.05) is 4.47 Å². The highest BCUT2D eigenvalue weighted by molar-refractivity contribution is 9.10. The number of carboxylic acid groups (broad SMARTS) is 1. The first-order valence-electron chi connectivity index (χ1n) is 4.94. The van der Waals surface area contributed by atoms with Crippen molar-refractivity contribution in [2.45, 2.75) is 13.0 Å². The number of carbonyl (C=O) groups is 2.